The Bertz CT molecular complexity index is 554. The number of nitrogens with one attached hydrogen (secondary N) is 1. The fraction of sp³-hybridized carbons (Fsp3) is 0.389. The predicted octanol–water partition coefficient (Wildman–Crippen LogP) is 3.67. The number of amides is 1. The fourth-order valence-electron chi connectivity index (χ4n) is 2.14. The van der Waals surface area contributed by atoms with Crippen molar-refractivity contribution in [2.45, 2.75) is 39.4 Å². The van der Waals surface area contributed by atoms with Gasteiger partial charge < -0.3 is 10.2 Å². The van der Waals surface area contributed by atoms with Crippen LogP contribution in [0.3, 0.4) is 0 Å². The maximum Gasteiger partial charge on any atom is 0.237 e. The van der Waals surface area contributed by atoms with E-state index < -0.39 is 0 Å². The minimum Gasteiger partial charge on any atom is -0.332 e. The summed E-state index contributed by atoms with van der Waals surface area (Å²) in [6.07, 6.45) is 1.02. The molecule has 0 fully saturated rings. The molecule has 4 heteroatoms. The van der Waals surface area contributed by atoms with Crippen molar-refractivity contribution in [3.8, 4) is 0 Å². The van der Waals surface area contributed by atoms with Gasteiger partial charge >= 0.3 is 0 Å². The summed E-state index contributed by atoms with van der Waals surface area (Å²) in [4.78, 5) is 15.7. The van der Waals surface area contributed by atoms with Crippen molar-refractivity contribution in [3.05, 3.63) is 58.3 Å². The molecule has 22 heavy (non-hydrogen) atoms. The molecule has 0 aliphatic carbocycles. The van der Waals surface area contributed by atoms with E-state index in [0.717, 1.165) is 12.0 Å². The van der Waals surface area contributed by atoms with Crippen molar-refractivity contribution in [3.63, 3.8) is 0 Å². The molecule has 1 heterocycles. The second-order valence-electron chi connectivity index (χ2n) is 5.50. The second-order valence-corrected chi connectivity index (χ2v) is 6.54. The average molecular weight is 316 g/mol. The van der Waals surface area contributed by atoms with Gasteiger partial charge in [0.15, 0.2) is 0 Å². The summed E-state index contributed by atoms with van der Waals surface area (Å²) in [5.41, 5.74) is 1.16. The van der Waals surface area contributed by atoms with E-state index in [0.29, 0.717) is 25.7 Å². The van der Waals surface area contributed by atoms with Crippen molar-refractivity contribution in [2.24, 2.45) is 0 Å². The lowest BCUT2D eigenvalue weighted by atomic mass is 10.2. The van der Waals surface area contributed by atoms with Gasteiger partial charge in [-0.15, -0.1) is 11.3 Å². The SMILES string of the molecule is CCC(C)NCC(=O)N(Cc1ccccc1)Cc1cccs1. The summed E-state index contributed by atoms with van der Waals surface area (Å²) in [7, 11) is 0. The zero-order chi connectivity index (χ0) is 15.8. The molecule has 0 bridgehead atoms. The van der Waals surface area contributed by atoms with Crippen molar-refractivity contribution in [1.82, 2.24) is 10.2 Å². The highest BCUT2D eigenvalue weighted by Gasteiger charge is 2.15. The van der Waals surface area contributed by atoms with E-state index in [4.69, 9.17) is 0 Å². The monoisotopic (exact) mass is 316 g/mol. The molecule has 0 saturated heterocycles. The largest absolute Gasteiger partial charge is 0.332 e. The van der Waals surface area contributed by atoms with E-state index in [1.165, 1.54) is 4.88 Å². The highest BCUT2D eigenvalue weighted by atomic mass is 32.1. The molecule has 1 unspecified atom stereocenters. The Labute approximate surface area is 137 Å². The number of hydrogen-bond donors (Lipinski definition) is 1. The number of nitrogens with zero attached hydrogens (tertiary/aromatic N) is 1. The number of benzene rings is 1. The molecule has 1 N–H and O–H groups in total. The predicted molar refractivity (Wildman–Crippen MR) is 92.8 cm³/mol. The van der Waals surface area contributed by atoms with Crippen molar-refractivity contribution >= 4 is 17.2 Å². The van der Waals surface area contributed by atoms with Crippen LogP contribution in [-0.4, -0.2) is 23.4 Å². The highest BCUT2D eigenvalue weighted by Crippen LogP contribution is 2.14. The van der Waals surface area contributed by atoms with E-state index in [2.05, 4.69) is 42.7 Å². The first-order valence-electron chi connectivity index (χ1n) is 7.76. The first kappa shape index (κ1) is 16.7. The standard InChI is InChI=1S/C18H24N2OS/c1-3-15(2)19-12-18(21)20(14-17-10-7-11-22-17)13-16-8-5-4-6-9-16/h4-11,15,19H,3,12-14H2,1-2H3. The molecule has 0 saturated carbocycles. The number of hydrogen-bond acceptors (Lipinski definition) is 3. The summed E-state index contributed by atoms with van der Waals surface area (Å²) < 4.78 is 0. The third kappa shape index (κ3) is 5.28. The Morgan fingerprint density at radius 2 is 1.95 bits per heavy atom. The number of rotatable bonds is 8. The van der Waals surface area contributed by atoms with Gasteiger partial charge in [0.2, 0.25) is 5.91 Å². The van der Waals surface area contributed by atoms with Gasteiger partial charge in [0, 0.05) is 17.5 Å². The molecule has 3 nitrogen and oxygen atoms in total. The van der Waals surface area contributed by atoms with E-state index in [-0.39, 0.29) is 5.91 Å². The van der Waals surface area contributed by atoms with Gasteiger partial charge in [-0.05, 0) is 30.4 Å². The fourth-order valence-corrected chi connectivity index (χ4v) is 2.86. The minimum atomic E-state index is 0.151. The van der Waals surface area contributed by atoms with Crippen LogP contribution in [-0.2, 0) is 17.9 Å². The van der Waals surface area contributed by atoms with Gasteiger partial charge in [0.25, 0.3) is 0 Å². The van der Waals surface area contributed by atoms with E-state index >= 15 is 0 Å². The first-order chi connectivity index (χ1) is 10.7. The Hall–Kier alpha value is -1.65. The molecule has 118 valence electrons. The topological polar surface area (TPSA) is 32.3 Å². The molecular formula is C18H24N2OS. The molecule has 2 rings (SSSR count). The van der Waals surface area contributed by atoms with Crippen LogP contribution in [0.5, 0.6) is 0 Å². The quantitative estimate of drug-likeness (QED) is 0.806. The Morgan fingerprint density at radius 1 is 1.18 bits per heavy atom. The molecule has 1 atom stereocenters. The number of carbonyl (C=O) groups is 1. The molecule has 0 aliphatic heterocycles. The van der Waals surface area contributed by atoms with Crippen LogP contribution in [0.4, 0.5) is 0 Å². The van der Waals surface area contributed by atoms with Crippen LogP contribution in [0.1, 0.15) is 30.7 Å². The van der Waals surface area contributed by atoms with Crippen LogP contribution in [0.2, 0.25) is 0 Å². The van der Waals surface area contributed by atoms with Crippen molar-refractivity contribution in [2.75, 3.05) is 6.54 Å². The number of thiophene rings is 1. The molecule has 1 aromatic carbocycles. The van der Waals surface area contributed by atoms with Crippen LogP contribution in [0.25, 0.3) is 0 Å². The lowest BCUT2D eigenvalue weighted by Crippen LogP contribution is -2.40. The highest BCUT2D eigenvalue weighted by molar-refractivity contribution is 7.09. The van der Waals surface area contributed by atoms with Gasteiger partial charge in [-0.25, -0.2) is 0 Å². The summed E-state index contributed by atoms with van der Waals surface area (Å²) in [5.74, 6) is 0.151. The van der Waals surface area contributed by atoms with Gasteiger partial charge in [0.1, 0.15) is 0 Å². The minimum absolute atomic E-state index is 0.151. The van der Waals surface area contributed by atoms with Crippen LogP contribution < -0.4 is 5.32 Å². The van der Waals surface area contributed by atoms with Crippen molar-refractivity contribution in [1.29, 1.82) is 0 Å². The average Bonchev–Trinajstić information content (AvgIpc) is 3.05. The molecule has 0 spiro atoms. The maximum absolute atomic E-state index is 12.6. The lowest BCUT2D eigenvalue weighted by Gasteiger charge is -2.23. The third-order valence-corrected chi connectivity index (χ3v) is 4.57. The molecule has 0 radical (unpaired) electrons. The molecule has 1 amide bonds. The van der Waals surface area contributed by atoms with Gasteiger partial charge in [-0.1, -0.05) is 43.3 Å². The third-order valence-electron chi connectivity index (χ3n) is 3.71. The van der Waals surface area contributed by atoms with E-state index in [1.807, 2.05) is 29.2 Å². The van der Waals surface area contributed by atoms with Gasteiger partial charge in [-0.2, -0.15) is 0 Å². The molecule has 1 aromatic heterocycles. The Kier molecular flexibility index (Phi) is 6.62. The summed E-state index contributed by atoms with van der Waals surface area (Å²) in [5, 5.41) is 5.34. The molecule has 2 aromatic rings. The van der Waals surface area contributed by atoms with Gasteiger partial charge in [-0.3, -0.25) is 4.79 Å². The summed E-state index contributed by atoms with van der Waals surface area (Å²) >= 11 is 1.69. The molecular weight excluding hydrogens is 292 g/mol. The van der Waals surface area contributed by atoms with Crippen LogP contribution >= 0.6 is 11.3 Å². The van der Waals surface area contributed by atoms with Crippen LogP contribution in [0.15, 0.2) is 47.8 Å². The first-order valence-corrected chi connectivity index (χ1v) is 8.64. The van der Waals surface area contributed by atoms with E-state index in [9.17, 15) is 4.79 Å². The zero-order valence-corrected chi connectivity index (χ0v) is 14.1. The Balaban J connectivity index is 2.02. The van der Waals surface area contributed by atoms with Crippen molar-refractivity contribution < 1.29 is 4.79 Å². The van der Waals surface area contributed by atoms with E-state index in [1.54, 1.807) is 11.3 Å². The number of carbonyl (C=O) groups excluding carboxylic acids is 1. The second kappa shape index (κ2) is 8.71. The van der Waals surface area contributed by atoms with Crippen LogP contribution in [0, 0.1) is 0 Å². The summed E-state index contributed by atoms with van der Waals surface area (Å²) in [6.45, 7) is 5.95. The zero-order valence-electron chi connectivity index (χ0n) is 13.3. The van der Waals surface area contributed by atoms with Gasteiger partial charge in [0.05, 0.1) is 13.1 Å². The lowest BCUT2D eigenvalue weighted by molar-refractivity contribution is -0.131. The smallest absolute Gasteiger partial charge is 0.237 e. The molecule has 0 aliphatic rings. The normalized spacial score (nSPS) is 12.1. The Morgan fingerprint density at radius 3 is 2.59 bits per heavy atom. The maximum atomic E-state index is 12.6. The summed E-state index contributed by atoms with van der Waals surface area (Å²) in [6, 6.07) is 14.6.